The van der Waals surface area contributed by atoms with Crippen LogP contribution in [0.5, 0.6) is 11.5 Å². The predicted octanol–water partition coefficient (Wildman–Crippen LogP) is 2.35. The number of Topliss-reactive ketones (excluding diaryl/α,β-unsaturated/α-hetero) is 1. The molecule has 0 radical (unpaired) electrons. The maximum absolute atomic E-state index is 13.5. The lowest BCUT2D eigenvalue weighted by atomic mass is 9.79. The van der Waals surface area contributed by atoms with Gasteiger partial charge in [-0.2, -0.15) is 0 Å². The lowest BCUT2D eigenvalue weighted by Gasteiger charge is -2.44. The van der Waals surface area contributed by atoms with Gasteiger partial charge < -0.3 is 14.6 Å². The van der Waals surface area contributed by atoms with Crippen molar-refractivity contribution >= 4 is 5.78 Å². The average molecular weight is 348 g/mol. The van der Waals surface area contributed by atoms with Crippen molar-refractivity contribution in [1.82, 2.24) is 4.90 Å². The van der Waals surface area contributed by atoms with Crippen LogP contribution in [0.25, 0.3) is 0 Å². The quantitative estimate of drug-likeness (QED) is 0.906. The molecule has 0 aromatic heterocycles. The number of fused-ring (bicyclic) bond motifs is 3. The third kappa shape index (κ3) is 3.28. The highest BCUT2D eigenvalue weighted by Gasteiger charge is 2.40. The van der Waals surface area contributed by atoms with Gasteiger partial charge in [0.2, 0.25) is 0 Å². The zero-order valence-electron chi connectivity index (χ0n) is 27.0. The number of benzene rings is 1. The second kappa shape index (κ2) is 6.37. The number of carbonyl (C=O) groups is 1. The van der Waals surface area contributed by atoms with E-state index in [0.29, 0.717) is 12.5 Å². The van der Waals surface area contributed by atoms with Gasteiger partial charge in [-0.1, -0.05) is 0 Å². The van der Waals surface area contributed by atoms with Crippen LogP contribution < -0.4 is 9.47 Å². The minimum Gasteiger partial charge on any atom is -0.493 e. The third-order valence-electron chi connectivity index (χ3n) is 4.05. The Morgan fingerprint density at radius 1 is 1.50 bits per heavy atom. The molecule has 3 atom stereocenters. The number of nitrogens with zero attached hydrogens (tertiary/aromatic N) is 1. The molecular weight excluding hydrogens is 306 g/mol. The molecule has 1 unspecified atom stereocenters. The van der Waals surface area contributed by atoms with E-state index in [1.807, 2.05) is 0 Å². The lowest BCUT2D eigenvalue weighted by Crippen LogP contribution is -2.47. The summed E-state index contributed by atoms with van der Waals surface area (Å²) in [4.78, 5) is 14.7. The second-order valence-corrected chi connectivity index (χ2v) is 5.97. The topological polar surface area (TPSA) is 59.0 Å². The number of ether oxygens (including phenoxy) is 2. The largest absolute Gasteiger partial charge is 0.493 e. The van der Waals surface area contributed by atoms with Gasteiger partial charge in [0, 0.05) is 42.4 Å². The fourth-order valence-electron chi connectivity index (χ4n) is 3.05. The van der Waals surface area contributed by atoms with Gasteiger partial charge in [0.25, 0.3) is 0 Å². The van der Waals surface area contributed by atoms with Crippen LogP contribution in [0.3, 0.4) is 0 Å². The average Bonchev–Trinajstić information content (AvgIpc) is 2.69. The molecule has 1 aromatic carbocycles. The Labute approximate surface area is 163 Å². The third-order valence-corrected chi connectivity index (χ3v) is 4.05. The molecular formula is C19H27NO4. The Hall–Kier alpha value is -1.59. The zero-order chi connectivity index (χ0) is 29.5. The van der Waals surface area contributed by atoms with Crippen LogP contribution in [-0.4, -0.2) is 48.6 Å². The summed E-state index contributed by atoms with van der Waals surface area (Å²) in [5.41, 5.74) is -2.87. The molecule has 2 aliphatic rings. The van der Waals surface area contributed by atoms with Gasteiger partial charge in [0.05, 0.1) is 27.9 Å². The predicted molar refractivity (Wildman–Crippen MR) is 91.6 cm³/mol. The van der Waals surface area contributed by atoms with Gasteiger partial charge in [-0.15, -0.1) is 0 Å². The summed E-state index contributed by atoms with van der Waals surface area (Å²) in [6, 6.07) is 0.711. The molecule has 0 aliphatic carbocycles. The molecule has 2 aliphatic heterocycles. The summed E-state index contributed by atoms with van der Waals surface area (Å²) in [5.74, 6) is -5.68. The minimum atomic E-state index is -3.44. The van der Waals surface area contributed by atoms with Gasteiger partial charge in [-0.05, 0) is 49.8 Å². The van der Waals surface area contributed by atoms with Crippen LogP contribution in [0.4, 0.5) is 0 Å². The molecule has 5 nitrogen and oxygen atoms in total. The van der Waals surface area contributed by atoms with E-state index >= 15 is 0 Å². The Kier molecular flexibility index (Phi) is 1.85. The Bertz CT molecular complexity index is 1110. The number of ketones is 1. The molecule has 1 saturated heterocycles. The number of hydrogen-bond donors (Lipinski definition) is 1. The van der Waals surface area contributed by atoms with Crippen molar-refractivity contribution in [1.29, 1.82) is 0 Å². The number of piperidine rings is 1. The van der Waals surface area contributed by atoms with E-state index in [2.05, 4.69) is 0 Å². The van der Waals surface area contributed by atoms with E-state index in [-0.39, 0.29) is 18.5 Å². The number of aliphatic hydroxyl groups is 1. The van der Waals surface area contributed by atoms with Crippen molar-refractivity contribution < 1.29 is 38.6 Å². The Morgan fingerprint density at radius 2 is 2.25 bits per heavy atom. The summed E-state index contributed by atoms with van der Waals surface area (Å²) >= 11 is 0. The van der Waals surface area contributed by atoms with Crippen LogP contribution in [0.2, 0.25) is 0 Å². The van der Waals surface area contributed by atoms with Crippen molar-refractivity contribution in [2.75, 3.05) is 27.2 Å². The molecule has 0 saturated carbocycles. The van der Waals surface area contributed by atoms with E-state index in [1.165, 1.54) is 11.0 Å². The second-order valence-electron chi connectivity index (χ2n) is 5.97. The monoisotopic (exact) mass is 347 g/mol. The molecule has 1 N–H and O–H groups in total. The molecule has 1 aromatic rings. The molecule has 5 heteroatoms. The Balaban J connectivity index is 2.16. The SMILES string of the molecule is [2H]C([2H])([2H])Oc1cc2c(cc1OC([2H])([2H])[2H])[C@H]1N(CC2)C[C@]([2H])(C([2H])([2H])C(C)(O)C([2H])([2H])[2H])C(=O)C1([2H])[2H]. The molecule has 24 heavy (non-hydrogen) atoms. The first-order chi connectivity index (χ1) is 16.8. The minimum absolute atomic E-state index is 0.0249. The van der Waals surface area contributed by atoms with Crippen molar-refractivity contribution in [2.45, 2.75) is 44.6 Å². The van der Waals surface area contributed by atoms with Crippen molar-refractivity contribution in [3.05, 3.63) is 23.3 Å². The van der Waals surface area contributed by atoms with Gasteiger partial charge in [-0.3, -0.25) is 9.69 Å². The van der Waals surface area contributed by atoms with Gasteiger partial charge in [0.15, 0.2) is 11.5 Å². The molecule has 0 amide bonds. The number of methoxy groups -OCH3 is 2. The summed E-state index contributed by atoms with van der Waals surface area (Å²) in [6.45, 7) is -3.59. The van der Waals surface area contributed by atoms with Crippen LogP contribution in [0.1, 0.15) is 62.9 Å². The summed E-state index contributed by atoms with van der Waals surface area (Å²) in [6.07, 6.45) is -6.40. The first-order valence-electron chi connectivity index (χ1n) is 14.3. The first kappa shape index (κ1) is 6.96. The number of hydrogen-bond acceptors (Lipinski definition) is 5. The van der Waals surface area contributed by atoms with Crippen LogP contribution >= 0.6 is 0 Å². The van der Waals surface area contributed by atoms with E-state index in [9.17, 15) is 9.90 Å². The van der Waals surface area contributed by atoms with Gasteiger partial charge >= 0.3 is 0 Å². The molecule has 132 valence electrons. The molecule has 2 heterocycles. The highest BCUT2D eigenvalue weighted by molar-refractivity contribution is 5.83. The van der Waals surface area contributed by atoms with Gasteiger partial charge in [0.1, 0.15) is 5.78 Å². The van der Waals surface area contributed by atoms with Crippen LogP contribution in [0.15, 0.2) is 12.1 Å². The van der Waals surface area contributed by atoms with Crippen molar-refractivity contribution in [2.24, 2.45) is 5.89 Å². The van der Waals surface area contributed by atoms with E-state index in [1.54, 1.807) is 0 Å². The normalized spacial score (nSPS) is 42.2. The molecule has 0 bridgehead atoms. The smallest absolute Gasteiger partial charge is 0.161 e. The summed E-state index contributed by atoms with van der Waals surface area (Å²) in [7, 11) is -6.03. The van der Waals surface area contributed by atoms with E-state index in [0.717, 1.165) is 6.07 Å². The fourth-order valence-corrected chi connectivity index (χ4v) is 3.05. The molecule has 3 rings (SSSR count). The lowest BCUT2D eigenvalue weighted by molar-refractivity contribution is -0.131. The van der Waals surface area contributed by atoms with Crippen molar-refractivity contribution in [3.8, 4) is 11.5 Å². The summed E-state index contributed by atoms with van der Waals surface area (Å²) < 4.78 is 119. The van der Waals surface area contributed by atoms with Gasteiger partial charge in [-0.25, -0.2) is 0 Å². The van der Waals surface area contributed by atoms with E-state index in [4.69, 9.17) is 28.7 Å². The fraction of sp³-hybridized carbons (Fsp3) is 0.632. The highest BCUT2D eigenvalue weighted by atomic mass is 16.5. The first-order valence-corrected chi connectivity index (χ1v) is 7.32. The maximum atomic E-state index is 13.5. The molecule has 0 spiro atoms. The van der Waals surface area contributed by atoms with Crippen LogP contribution in [-0.2, 0) is 11.2 Å². The van der Waals surface area contributed by atoms with Crippen LogP contribution in [0, 0.1) is 5.89 Å². The standard InChI is InChI=1S/C19H27NO4/c1-19(2,22)10-13-11-20-6-5-12-7-17(23-3)18(24-4)8-14(12)15(20)9-16(13)21/h7-8,13,15,22H,5-6,9-11H2,1-4H3/t13-,15-/m0/s1/i1D3,3D3,4D3,9D2,10D2,13D/t13-,15-,19?. The number of carbonyl (C=O) groups excluding carboxylic acids is 1. The summed E-state index contributed by atoms with van der Waals surface area (Å²) in [5, 5.41) is 10.6. The van der Waals surface area contributed by atoms with Crippen molar-refractivity contribution in [3.63, 3.8) is 0 Å². The maximum Gasteiger partial charge on any atom is 0.161 e. The Morgan fingerprint density at radius 3 is 2.96 bits per heavy atom. The highest BCUT2D eigenvalue weighted by Crippen LogP contribution is 2.42. The van der Waals surface area contributed by atoms with E-state index < -0.39 is 75.0 Å². The zero-order valence-corrected chi connectivity index (χ0v) is 13.0. The molecule has 1 fully saturated rings. The number of rotatable bonds is 4.